The van der Waals surface area contributed by atoms with Crippen molar-refractivity contribution in [3.63, 3.8) is 0 Å². The van der Waals surface area contributed by atoms with E-state index in [2.05, 4.69) is 21.0 Å². The molecule has 0 aliphatic rings. The van der Waals surface area contributed by atoms with Gasteiger partial charge in [0.2, 0.25) is 0 Å². The van der Waals surface area contributed by atoms with Crippen molar-refractivity contribution in [1.29, 1.82) is 0 Å². The number of hydrogen-bond donors (Lipinski definition) is 1. The Morgan fingerprint density at radius 2 is 2.11 bits per heavy atom. The van der Waals surface area contributed by atoms with Crippen LogP contribution in [-0.4, -0.2) is 20.9 Å². The largest absolute Gasteiger partial charge is 0.478 e. The van der Waals surface area contributed by atoms with Crippen molar-refractivity contribution in [3.8, 4) is 5.69 Å². The Labute approximate surface area is 119 Å². The monoisotopic (exact) mass is 320 g/mol. The minimum absolute atomic E-state index is 0.794. The molecule has 0 aliphatic heterocycles. The number of carboxylic acid groups (broad SMARTS) is 1. The van der Waals surface area contributed by atoms with Gasteiger partial charge in [-0.15, -0.1) is 0 Å². The molecule has 5 heteroatoms. The Morgan fingerprint density at radius 3 is 2.68 bits per heavy atom. The molecule has 0 radical (unpaired) electrons. The molecule has 0 unspecified atom stereocenters. The topological polar surface area (TPSA) is 55.1 Å². The van der Waals surface area contributed by atoms with Gasteiger partial charge in [-0.2, -0.15) is 5.10 Å². The van der Waals surface area contributed by atoms with Crippen LogP contribution in [-0.2, 0) is 4.79 Å². The van der Waals surface area contributed by atoms with Crippen LogP contribution in [0.3, 0.4) is 0 Å². The van der Waals surface area contributed by atoms with E-state index in [4.69, 9.17) is 5.11 Å². The Morgan fingerprint density at radius 1 is 1.37 bits per heavy atom. The van der Waals surface area contributed by atoms with Gasteiger partial charge in [0.15, 0.2) is 0 Å². The van der Waals surface area contributed by atoms with Crippen molar-refractivity contribution in [2.45, 2.75) is 13.8 Å². The summed E-state index contributed by atoms with van der Waals surface area (Å²) in [5.41, 5.74) is 3.58. The van der Waals surface area contributed by atoms with Crippen molar-refractivity contribution in [1.82, 2.24) is 9.78 Å². The lowest BCUT2D eigenvalue weighted by Gasteiger charge is -2.09. The zero-order valence-electron chi connectivity index (χ0n) is 10.6. The van der Waals surface area contributed by atoms with Gasteiger partial charge in [0, 0.05) is 21.8 Å². The predicted octanol–water partition coefficient (Wildman–Crippen LogP) is 3.35. The second-order valence-corrected chi connectivity index (χ2v) is 5.13. The van der Waals surface area contributed by atoms with E-state index in [1.807, 2.05) is 42.8 Å². The molecule has 1 heterocycles. The number of nitrogens with zero attached hydrogens (tertiary/aromatic N) is 2. The maximum atomic E-state index is 10.7. The molecule has 2 rings (SSSR count). The number of rotatable bonds is 3. The van der Waals surface area contributed by atoms with Gasteiger partial charge in [0.1, 0.15) is 0 Å². The van der Waals surface area contributed by atoms with E-state index in [1.165, 1.54) is 0 Å². The highest BCUT2D eigenvalue weighted by Gasteiger charge is 2.08. The van der Waals surface area contributed by atoms with E-state index >= 15 is 0 Å². The lowest BCUT2D eigenvalue weighted by Crippen LogP contribution is -2.01. The zero-order valence-corrected chi connectivity index (χ0v) is 12.2. The van der Waals surface area contributed by atoms with Gasteiger partial charge in [0.25, 0.3) is 0 Å². The van der Waals surface area contributed by atoms with Gasteiger partial charge in [-0.1, -0.05) is 15.9 Å². The summed E-state index contributed by atoms with van der Waals surface area (Å²) in [5.74, 6) is -0.973. The average Bonchev–Trinajstić information content (AvgIpc) is 2.66. The Bertz CT molecular complexity index is 659. The van der Waals surface area contributed by atoms with Gasteiger partial charge in [-0.25, -0.2) is 9.48 Å². The molecule has 0 fully saturated rings. The summed E-state index contributed by atoms with van der Waals surface area (Å²) in [6, 6.07) is 7.66. The van der Waals surface area contributed by atoms with Gasteiger partial charge < -0.3 is 5.11 Å². The van der Waals surface area contributed by atoms with Gasteiger partial charge in [0.05, 0.1) is 11.4 Å². The Hall–Kier alpha value is -1.88. The molecule has 4 nitrogen and oxygen atoms in total. The highest BCUT2D eigenvalue weighted by Crippen LogP contribution is 2.22. The fourth-order valence-electron chi connectivity index (χ4n) is 1.89. The second kappa shape index (κ2) is 5.40. The molecule has 0 amide bonds. The molecular formula is C14H13BrN2O2. The van der Waals surface area contributed by atoms with E-state index < -0.39 is 5.97 Å². The highest BCUT2D eigenvalue weighted by atomic mass is 79.9. The maximum absolute atomic E-state index is 10.7. The average molecular weight is 321 g/mol. The summed E-state index contributed by atoms with van der Waals surface area (Å²) < 4.78 is 2.70. The van der Waals surface area contributed by atoms with Crippen molar-refractivity contribution in [2.75, 3.05) is 0 Å². The molecule has 0 atom stereocenters. The summed E-state index contributed by atoms with van der Waals surface area (Å²) in [6.45, 7) is 3.89. The van der Waals surface area contributed by atoms with Crippen molar-refractivity contribution in [2.24, 2.45) is 0 Å². The van der Waals surface area contributed by atoms with Gasteiger partial charge >= 0.3 is 5.97 Å². The fourth-order valence-corrected chi connectivity index (χ4v) is 2.26. The van der Waals surface area contributed by atoms with Crippen LogP contribution in [0.4, 0.5) is 0 Å². The first kappa shape index (κ1) is 13.5. The van der Waals surface area contributed by atoms with Crippen LogP contribution < -0.4 is 0 Å². The first-order chi connectivity index (χ1) is 8.97. The van der Waals surface area contributed by atoms with Crippen LogP contribution in [0.1, 0.15) is 17.0 Å². The minimum Gasteiger partial charge on any atom is -0.478 e. The lowest BCUT2D eigenvalue weighted by atomic mass is 10.1. The lowest BCUT2D eigenvalue weighted by molar-refractivity contribution is -0.131. The van der Waals surface area contributed by atoms with Gasteiger partial charge in [-0.3, -0.25) is 0 Å². The molecule has 19 heavy (non-hydrogen) atoms. The molecule has 0 saturated heterocycles. The SMILES string of the molecule is Cc1cc(C)n(-c2ccc(Br)cc2/C=C/C(=O)O)n1. The molecule has 98 valence electrons. The van der Waals surface area contributed by atoms with Crippen molar-refractivity contribution in [3.05, 3.63) is 51.8 Å². The molecule has 0 bridgehead atoms. The predicted molar refractivity (Wildman–Crippen MR) is 77.4 cm³/mol. The third-order valence-electron chi connectivity index (χ3n) is 2.63. The second-order valence-electron chi connectivity index (χ2n) is 4.21. The normalized spacial score (nSPS) is 11.1. The molecule has 2 aromatic rings. The molecule has 0 spiro atoms. The van der Waals surface area contributed by atoms with Crippen LogP contribution in [0.25, 0.3) is 11.8 Å². The number of benzene rings is 1. The first-order valence-electron chi connectivity index (χ1n) is 5.71. The Kier molecular flexibility index (Phi) is 3.85. The van der Waals surface area contributed by atoms with E-state index in [9.17, 15) is 4.79 Å². The molecular weight excluding hydrogens is 308 g/mol. The molecule has 1 aromatic heterocycles. The van der Waals surface area contributed by atoms with Crippen LogP contribution in [0.2, 0.25) is 0 Å². The third-order valence-corrected chi connectivity index (χ3v) is 3.13. The summed E-state index contributed by atoms with van der Waals surface area (Å²) in [7, 11) is 0. The number of aromatic nitrogens is 2. The maximum Gasteiger partial charge on any atom is 0.328 e. The number of carbonyl (C=O) groups is 1. The number of hydrogen-bond acceptors (Lipinski definition) is 2. The zero-order chi connectivity index (χ0) is 14.0. The van der Waals surface area contributed by atoms with Crippen molar-refractivity contribution < 1.29 is 9.90 Å². The van der Waals surface area contributed by atoms with E-state index in [1.54, 1.807) is 6.08 Å². The van der Waals surface area contributed by atoms with Crippen LogP contribution >= 0.6 is 15.9 Å². The summed E-state index contributed by atoms with van der Waals surface area (Å²) in [6.07, 6.45) is 2.69. The van der Waals surface area contributed by atoms with E-state index in [0.717, 1.165) is 33.2 Å². The van der Waals surface area contributed by atoms with Crippen LogP contribution in [0.15, 0.2) is 34.8 Å². The number of halogens is 1. The summed E-state index contributed by atoms with van der Waals surface area (Å²) >= 11 is 3.39. The van der Waals surface area contributed by atoms with Crippen LogP contribution in [0.5, 0.6) is 0 Å². The number of aryl methyl sites for hydroxylation is 2. The summed E-state index contributed by atoms with van der Waals surface area (Å²) in [4.78, 5) is 10.7. The summed E-state index contributed by atoms with van der Waals surface area (Å²) in [5, 5.41) is 13.2. The number of carboxylic acids is 1. The first-order valence-corrected chi connectivity index (χ1v) is 6.51. The Balaban J connectivity index is 2.57. The molecule has 0 aliphatic carbocycles. The van der Waals surface area contributed by atoms with E-state index in [0.29, 0.717) is 0 Å². The smallest absolute Gasteiger partial charge is 0.328 e. The van der Waals surface area contributed by atoms with Crippen LogP contribution in [0, 0.1) is 13.8 Å². The molecule has 0 saturated carbocycles. The number of aliphatic carboxylic acids is 1. The van der Waals surface area contributed by atoms with Crippen molar-refractivity contribution >= 4 is 28.0 Å². The van der Waals surface area contributed by atoms with Gasteiger partial charge in [-0.05, 0) is 44.2 Å². The standard InChI is InChI=1S/C14H13BrN2O2/c1-9-7-10(2)17(16-9)13-5-4-12(15)8-11(13)3-6-14(18)19/h3-8H,1-2H3,(H,18,19)/b6-3+. The molecule has 1 aromatic carbocycles. The molecule has 1 N–H and O–H groups in total. The van der Waals surface area contributed by atoms with E-state index in [-0.39, 0.29) is 0 Å². The third kappa shape index (κ3) is 3.12. The highest BCUT2D eigenvalue weighted by molar-refractivity contribution is 9.10. The minimum atomic E-state index is -0.973. The quantitative estimate of drug-likeness (QED) is 0.882. The fraction of sp³-hybridized carbons (Fsp3) is 0.143.